The van der Waals surface area contributed by atoms with E-state index in [4.69, 9.17) is 27.9 Å². The highest BCUT2D eigenvalue weighted by Gasteiger charge is 2.15. The third kappa shape index (κ3) is 6.64. The molecule has 0 heterocycles. The van der Waals surface area contributed by atoms with Gasteiger partial charge in [-0.15, -0.1) is 0 Å². The lowest BCUT2D eigenvalue weighted by Gasteiger charge is -2.09. The summed E-state index contributed by atoms with van der Waals surface area (Å²) in [5.74, 6) is -2.29. The maximum absolute atomic E-state index is 12.4. The number of benzene rings is 3. The van der Waals surface area contributed by atoms with Gasteiger partial charge in [-0.3, -0.25) is 9.59 Å². The number of halogens is 3. The highest BCUT2D eigenvalue weighted by Crippen LogP contribution is 2.24. The SMILES string of the molecule is Cc1c(Cl)cccc1NC(=O)C(=O)N/N=C/c1cc(Br)ccc1OC(=O)c1ccc(Cl)cc1. The summed E-state index contributed by atoms with van der Waals surface area (Å²) in [6.45, 7) is 1.72. The van der Waals surface area contributed by atoms with Crippen LogP contribution in [0.4, 0.5) is 5.69 Å². The molecule has 0 fully saturated rings. The zero-order chi connectivity index (χ0) is 24.0. The van der Waals surface area contributed by atoms with Crippen LogP contribution in [0, 0.1) is 6.92 Å². The van der Waals surface area contributed by atoms with Gasteiger partial charge >= 0.3 is 17.8 Å². The highest BCUT2D eigenvalue weighted by atomic mass is 79.9. The smallest absolute Gasteiger partial charge is 0.343 e. The number of anilines is 1. The first-order valence-corrected chi connectivity index (χ1v) is 11.0. The zero-order valence-corrected chi connectivity index (χ0v) is 20.2. The summed E-state index contributed by atoms with van der Waals surface area (Å²) in [6.07, 6.45) is 1.26. The molecule has 0 saturated carbocycles. The third-order valence-corrected chi connectivity index (χ3v) is 5.50. The second-order valence-corrected chi connectivity index (χ2v) is 8.40. The van der Waals surface area contributed by atoms with Crippen LogP contribution < -0.4 is 15.5 Å². The van der Waals surface area contributed by atoms with Crippen LogP contribution in [0.1, 0.15) is 21.5 Å². The average Bonchev–Trinajstić information content (AvgIpc) is 2.78. The number of esters is 1. The molecule has 3 aromatic rings. The highest BCUT2D eigenvalue weighted by molar-refractivity contribution is 9.10. The molecule has 0 aliphatic carbocycles. The number of amides is 2. The van der Waals surface area contributed by atoms with Crippen molar-refractivity contribution in [1.82, 2.24) is 5.43 Å². The molecule has 168 valence electrons. The van der Waals surface area contributed by atoms with Crippen molar-refractivity contribution in [3.8, 4) is 5.75 Å². The number of hydrogen-bond donors (Lipinski definition) is 2. The summed E-state index contributed by atoms with van der Waals surface area (Å²) in [6, 6.07) is 16.1. The minimum atomic E-state index is -0.986. The topological polar surface area (TPSA) is 96.9 Å². The monoisotopic (exact) mass is 547 g/mol. The lowest BCUT2D eigenvalue weighted by atomic mass is 10.2. The second-order valence-electron chi connectivity index (χ2n) is 6.64. The normalized spacial score (nSPS) is 10.7. The van der Waals surface area contributed by atoms with Crippen LogP contribution in [0.5, 0.6) is 5.75 Å². The van der Waals surface area contributed by atoms with Gasteiger partial charge in [0, 0.05) is 25.8 Å². The van der Waals surface area contributed by atoms with Crippen molar-refractivity contribution in [1.29, 1.82) is 0 Å². The van der Waals surface area contributed by atoms with E-state index < -0.39 is 17.8 Å². The summed E-state index contributed by atoms with van der Waals surface area (Å²) >= 11 is 15.2. The van der Waals surface area contributed by atoms with Gasteiger partial charge in [0.1, 0.15) is 5.75 Å². The molecule has 0 bridgehead atoms. The van der Waals surface area contributed by atoms with Crippen molar-refractivity contribution in [2.24, 2.45) is 5.10 Å². The van der Waals surface area contributed by atoms with Gasteiger partial charge in [0.05, 0.1) is 11.8 Å². The Labute approximate surface area is 207 Å². The van der Waals surface area contributed by atoms with E-state index in [-0.39, 0.29) is 5.75 Å². The van der Waals surface area contributed by atoms with E-state index in [0.29, 0.717) is 36.9 Å². The molecule has 0 aromatic heterocycles. The van der Waals surface area contributed by atoms with Crippen LogP contribution in [0.25, 0.3) is 0 Å². The lowest BCUT2D eigenvalue weighted by molar-refractivity contribution is -0.136. The standard InChI is InChI=1S/C23H16BrCl2N3O4/c1-13-18(26)3-2-4-19(13)28-21(30)22(31)29-27-12-15-11-16(24)7-10-20(15)33-23(32)14-5-8-17(25)9-6-14/h2-12H,1H3,(H,28,30)(H,29,31)/b27-12+. The lowest BCUT2D eigenvalue weighted by Crippen LogP contribution is -2.32. The summed E-state index contributed by atoms with van der Waals surface area (Å²) in [5, 5.41) is 7.22. The minimum absolute atomic E-state index is 0.204. The zero-order valence-electron chi connectivity index (χ0n) is 17.1. The number of hydrogen-bond acceptors (Lipinski definition) is 5. The number of rotatable bonds is 5. The van der Waals surface area contributed by atoms with Crippen LogP contribution in [-0.4, -0.2) is 24.0 Å². The maximum Gasteiger partial charge on any atom is 0.343 e. The molecule has 7 nitrogen and oxygen atoms in total. The van der Waals surface area contributed by atoms with Crippen molar-refractivity contribution < 1.29 is 19.1 Å². The minimum Gasteiger partial charge on any atom is -0.422 e. The van der Waals surface area contributed by atoms with Crippen LogP contribution in [0.3, 0.4) is 0 Å². The Kier molecular flexibility index (Phi) is 8.21. The molecule has 33 heavy (non-hydrogen) atoms. The van der Waals surface area contributed by atoms with E-state index in [9.17, 15) is 14.4 Å². The summed E-state index contributed by atoms with van der Waals surface area (Å²) in [5.41, 5.74) is 3.88. The number of ether oxygens (including phenoxy) is 1. The molecule has 0 atom stereocenters. The van der Waals surface area contributed by atoms with Gasteiger partial charge < -0.3 is 10.1 Å². The maximum atomic E-state index is 12.4. The first-order valence-electron chi connectivity index (χ1n) is 9.41. The van der Waals surface area contributed by atoms with Gasteiger partial charge in [-0.2, -0.15) is 5.10 Å². The summed E-state index contributed by atoms with van der Waals surface area (Å²) < 4.78 is 6.13. The van der Waals surface area contributed by atoms with E-state index in [2.05, 4.69) is 31.8 Å². The molecule has 0 unspecified atom stereocenters. The fourth-order valence-electron chi connectivity index (χ4n) is 2.59. The summed E-state index contributed by atoms with van der Waals surface area (Å²) in [4.78, 5) is 36.6. The Morgan fingerprint density at radius 1 is 1.00 bits per heavy atom. The van der Waals surface area contributed by atoms with Crippen LogP contribution in [-0.2, 0) is 9.59 Å². The second kappa shape index (κ2) is 11.1. The molecule has 0 aliphatic rings. The Hall–Kier alpha value is -3.20. The van der Waals surface area contributed by atoms with E-state index >= 15 is 0 Å². The van der Waals surface area contributed by atoms with Crippen LogP contribution in [0.15, 0.2) is 70.2 Å². The number of hydrazone groups is 1. The number of carbonyl (C=O) groups is 3. The van der Waals surface area contributed by atoms with Gasteiger partial charge in [0.15, 0.2) is 0 Å². The number of nitrogens with one attached hydrogen (secondary N) is 2. The van der Waals surface area contributed by atoms with Crippen LogP contribution >= 0.6 is 39.1 Å². The fourth-order valence-corrected chi connectivity index (χ4v) is 3.27. The van der Waals surface area contributed by atoms with E-state index in [0.717, 1.165) is 0 Å². The molecule has 0 radical (unpaired) electrons. The quantitative estimate of drug-likeness (QED) is 0.147. The molecule has 0 spiro atoms. The first-order chi connectivity index (χ1) is 15.7. The molecule has 10 heteroatoms. The fraction of sp³-hybridized carbons (Fsp3) is 0.0435. The van der Waals surface area contributed by atoms with Gasteiger partial charge in [-0.1, -0.05) is 45.2 Å². The molecule has 0 saturated heterocycles. The van der Waals surface area contributed by atoms with E-state index in [1.807, 2.05) is 0 Å². The van der Waals surface area contributed by atoms with Crippen LogP contribution in [0.2, 0.25) is 10.0 Å². The predicted octanol–water partition coefficient (Wildman–Crippen LogP) is 5.37. The molecular weight excluding hydrogens is 533 g/mol. The van der Waals surface area contributed by atoms with Crippen molar-refractivity contribution in [3.05, 3.63) is 91.9 Å². The molecular formula is C23H16BrCl2N3O4. The summed E-state index contributed by atoms with van der Waals surface area (Å²) in [7, 11) is 0. The largest absolute Gasteiger partial charge is 0.422 e. The van der Waals surface area contributed by atoms with Gasteiger partial charge in [0.2, 0.25) is 0 Å². The van der Waals surface area contributed by atoms with E-state index in [1.54, 1.807) is 55.5 Å². The average molecular weight is 549 g/mol. The Bertz CT molecular complexity index is 1250. The van der Waals surface area contributed by atoms with Gasteiger partial charge in [-0.25, -0.2) is 10.2 Å². The van der Waals surface area contributed by atoms with Gasteiger partial charge in [0.25, 0.3) is 0 Å². The molecule has 3 rings (SSSR count). The molecule has 3 aromatic carbocycles. The molecule has 2 N–H and O–H groups in total. The van der Waals surface area contributed by atoms with Gasteiger partial charge in [-0.05, 0) is 67.1 Å². The Morgan fingerprint density at radius 3 is 2.45 bits per heavy atom. The van der Waals surface area contributed by atoms with E-state index in [1.165, 1.54) is 18.3 Å². The van der Waals surface area contributed by atoms with Crippen molar-refractivity contribution in [3.63, 3.8) is 0 Å². The number of carbonyl (C=O) groups excluding carboxylic acids is 3. The van der Waals surface area contributed by atoms with Crippen molar-refractivity contribution >= 4 is 68.8 Å². The third-order valence-electron chi connectivity index (χ3n) is 4.35. The van der Waals surface area contributed by atoms with Crippen molar-refractivity contribution in [2.75, 3.05) is 5.32 Å². The predicted molar refractivity (Wildman–Crippen MR) is 131 cm³/mol. The Balaban J connectivity index is 1.67. The molecule has 0 aliphatic heterocycles. The Morgan fingerprint density at radius 2 is 1.73 bits per heavy atom. The molecule has 2 amide bonds. The number of nitrogens with zero attached hydrogens (tertiary/aromatic N) is 1. The van der Waals surface area contributed by atoms with Crippen molar-refractivity contribution in [2.45, 2.75) is 6.92 Å². The first kappa shape index (κ1) is 24.4.